The predicted octanol–water partition coefficient (Wildman–Crippen LogP) is 2.20. The number of thiophene rings is 1. The molecule has 0 saturated carbocycles. The van der Waals surface area contributed by atoms with Gasteiger partial charge in [-0.1, -0.05) is 6.07 Å². The molecule has 1 N–H and O–H groups in total. The number of hydrogen-bond donors (Lipinski definition) is 1. The molecule has 0 aromatic carbocycles. The average Bonchev–Trinajstić information content (AvgIpc) is 2.66. The topological polar surface area (TPSA) is 37.8 Å². The Labute approximate surface area is 98.6 Å². The minimum atomic E-state index is 0.499. The van der Waals surface area contributed by atoms with Crippen LogP contribution in [0.2, 0.25) is 0 Å². The Kier molecular flexibility index (Phi) is 2.46. The molecule has 3 heterocycles. The highest BCUT2D eigenvalue weighted by atomic mass is 32.1. The summed E-state index contributed by atoms with van der Waals surface area (Å²) in [4.78, 5) is 10.4. The Morgan fingerprint density at radius 2 is 2.25 bits per heavy atom. The van der Waals surface area contributed by atoms with Gasteiger partial charge in [-0.15, -0.1) is 11.3 Å². The lowest BCUT2D eigenvalue weighted by Gasteiger charge is -2.25. The Morgan fingerprint density at radius 1 is 1.38 bits per heavy atom. The van der Waals surface area contributed by atoms with Crippen molar-refractivity contribution in [1.82, 2.24) is 15.3 Å². The molecule has 0 spiro atoms. The third-order valence-electron chi connectivity index (χ3n) is 2.79. The first-order valence-corrected chi connectivity index (χ1v) is 6.31. The molecule has 2 aromatic heterocycles. The smallest absolute Gasteiger partial charge is 0.134 e. The van der Waals surface area contributed by atoms with E-state index in [0.29, 0.717) is 5.92 Å². The summed E-state index contributed by atoms with van der Waals surface area (Å²) in [5.74, 6) is 1.49. The van der Waals surface area contributed by atoms with Crippen molar-refractivity contribution < 1.29 is 0 Å². The molecule has 4 heteroatoms. The minimum Gasteiger partial charge on any atom is -0.315 e. The second-order valence-corrected chi connectivity index (χ2v) is 5.03. The first-order valence-electron chi connectivity index (χ1n) is 5.43. The molecule has 0 bridgehead atoms. The SMILES string of the molecule is Cc1cc(-c2cccs2)nc(C2CNC2)n1. The maximum atomic E-state index is 4.66. The largest absolute Gasteiger partial charge is 0.315 e. The highest BCUT2D eigenvalue weighted by Crippen LogP contribution is 2.25. The summed E-state index contributed by atoms with van der Waals surface area (Å²) >= 11 is 1.72. The zero-order valence-corrected chi connectivity index (χ0v) is 9.92. The zero-order valence-electron chi connectivity index (χ0n) is 9.10. The summed E-state index contributed by atoms with van der Waals surface area (Å²) in [6, 6.07) is 6.22. The molecule has 3 nitrogen and oxygen atoms in total. The van der Waals surface area contributed by atoms with E-state index in [1.165, 1.54) is 4.88 Å². The standard InChI is InChI=1S/C12H13N3S/c1-8-5-10(11-3-2-4-16-11)15-12(14-8)9-6-13-7-9/h2-5,9,13H,6-7H2,1H3. The van der Waals surface area contributed by atoms with E-state index < -0.39 is 0 Å². The van der Waals surface area contributed by atoms with E-state index in [4.69, 9.17) is 0 Å². The van der Waals surface area contributed by atoms with Crippen molar-refractivity contribution >= 4 is 11.3 Å². The van der Waals surface area contributed by atoms with E-state index in [-0.39, 0.29) is 0 Å². The summed E-state index contributed by atoms with van der Waals surface area (Å²) in [7, 11) is 0. The highest BCUT2D eigenvalue weighted by Gasteiger charge is 2.22. The Hall–Kier alpha value is -1.26. The predicted molar refractivity (Wildman–Crippen MR) is 65.7 cm³/mol. The van der Waals surface area contributed by atoms with Crippen molar-refractivity contribution in [3.8, 4) is 10.6 Å². The van der Waals surface area contributed by atoms with E-state index >= 15 is 0 Å². The van der Waals surface area contributed by atoms with Gasteiger partial charge in [0.15, 0.2) is 0 Å². The fourth-order valence-electron chi connectivity index (χ4n) is 1.80. The number of nitrogens with zero attached hydrogens (tertiary/aromatic N) is 2. The molecule has 16 heavy (non-hydrogen) atoms. The summed E-state index contributed by atoms with van der Waals surface area (Å²) in [6.45, 7) is 4.05. The van der Waals surface area contributed by atoms with Crippen molar-refractivity contribution in [2.75, 3.05) is 13.1 Å². The summed E-state index contributed by atoms with van der Waals surface area (Å²) in [5, 5.41) is 5.34. The second-order valence-electron chi connectivity index (χ2n) is 4.09. The molecule has 0 atom stereocenters. The molecule has 1 fully saturated rings. The van der Waals surface area contributed by atoms with Crippen LogP contribution in [0.4, 0.5) is 0 Å². The Bertz CT molecular complexity index is 489. The number of nitrogens with one attached hydrogen (secondary N) is 1. The Balaban J connectivity index is 2.02. The van der Waals surface area contributed by atoms with E-state index in [1.807, 2.05) is 6.92 Å². The normalized spacial score (nSPS) is 16.1. The molecule has 2 aromatic rings. The van der Waals surface area contributed by atoms with Crippen molar-refractivity contribution in [3.63, 3.8) is 0 Å². The minimum absolute atomic E-state index is 0.499. The molecular weight excluding hydrogens is 218 g/mol. The van der Waals surface area contributed by atoms with Gasteiger partial charge in [0.25, 0.3) is 0 Å². The van der Waals surface area contributed by atoms with Crippen LogP contribution in [0.3, 0.4) is 0 Å². The van der Waals surface area contributed by atoms with Gasteiger partial charge in [0.2, 0.25) is 0 Å². The maximum Gasteiger partial charge on any atom is 0.134 e. The van der Waals surface area contributed by atoms with Crippen LogP contribution in [0.15, 0.2) is 23.6 Å². The van der Waals surface area contributed by atoms with E-state index in [2.05, 4.69) is 38.9 Å². The molecule has 0 unspecified atom stereocenters. The van der Waals surface area contributed by atoms with Gasteiger partial charge < -0.3 is 5.32 Å². The van der Waals surface area contributed by atoms with Gasteiger partial charge in [-0.3, -0.25) is 0 Å². The third-order valence-corrected chi connectivity index (χ3v) is 3.68. The molecule has 1 aliphatic rings. The maximum absolute atomic E-state index is 4.66. The fourth-order valence-corrected chi connectivity index (χ4v) is 2.48. The van der Waals surface area contributed by atoms with Crippen LogP contribution in [0.25, 0.3) is 10.6 Å². The molecule has 0 aliphatic carbocycles. The van der Waals surface area contributed by atoms with Gasteiger partial charge >= 0.3 is 0 Å². The van der Waals surface area contributed by atoms with Gasteiger partial charge in [-0.25, -0.2) is 9.97 Å². The molecule has 1 saturated heterocycles. The molecule has 1 aliphatic heterocycles. The molecule has 0 radical (unpaired) electrons. The lowest BCUT2D eigenvalue weighted by atomic mass is 10.0. The first kappa shape index (κ1) is 9.93. The number of aryl methyl sites for hydroxylation is 1. The number of aromatic nitrogens is 2. The third kappa shape index (κ3) is 1.74. The number of hydrogen-bond acceptors (Lipinski definition) is 4. The van der Waals surface area contributed by atoms with E-state index in [0.717, 1.165) is 30.3 Å². The van der Waals surface area contributed by atoms with Gasteiger partial charge in [0.1, 0.15) is 5.82 Å². The van der Waals surface area contributed by atoms with Gasteiger partial charge in [-0.05, 0) is 24.4 Å². The molecule has 0 amide bonds. The Morgan fingerprint density at radius 3 is 2.88 bits per heavy atom. The second kappa shape index (κ2) is 3.96. The van der Waals surface area contributed by atoms with Gasteiger partial charge in [-0.2, -0.15) is 0 Å². The summed E-state index contributed by atoms with van der Waals surface area (Å²) in [6.07, 6.45) is 0. The van der Waals surface area contributed by atoms with Crippen LogP contribution in [-0.4, -0.2) is 23.1 Å². The van der Waals surface area contributed by atoms with Crippen LogP contribution < -0.4 is 5.32 Å². The number of rotatable bonds is 2. The van der Waals surface area contributed by atoms with Crippen molar-refractivity contribution in [1.29, 1.82) is 0 Å². The monoisotopic (exact) mass is 231 g/mol. The lowest BCUT2D eigenvalue weighted by Crippen LogP contribution is -2.40. The molecular formula is C12H13N3S. The quantitative estimate of drug-likeness (QED) is 0.861. The fraction of sp³-hybridized carbons (Fsp3) is 0.333. The van der Waals surface area contributed by atoms with Crippen LogP contribution in [0.5, 0.6) is 0 Å². The van der Waals surface area contributed by atoms with E-state index in [1.54, 1.807) is 11.3 Å². The van der Waals surface area contributed by atoms with Crippen molar-refractivity contribution in [2.24, 2.45) is 0 Å². The zero-order chi connectivity index (χ0) is 11.0. The lowest BCUT2D eigenvalue weighted by molar-refractivity contribution is 0.429. The van der Waals surface area contributed by atoms with Gasteiger partial charge in [0.05, 0.1) is 10.6 Å². The van der Waals surface area contributed by atoms with Gasteiger partial charge in [0, 0.05) is 24.7 Å². The summed E-state index contributed by atoms with van der Waals surface area (Å²) < 4.78 is 0. The van der Waals surface area contributed by atoms with Crippen LogP contribution >= 0.6 is 11.3 Å². The van der Waals surface area contributed by atoms with Crippen molar-refractivity contribution in [3.05, 3.63) is 35.1 Å². The first-order chi connectivity index (χ1) is 7.83. The summed E-state index contributed by atoms with van der Waals surface area (Å²) in [5.41, 5.74) is 2.12. The highest BCUT2D eigenvalue weighted by molar-refractivity contribution is 7.13. The van der Waals surface area contributed by atoms with Crippen molar-refractivity contribution in [2.45, 2.75) is 12.8 Å². The van der Waals surface area contributed by atoms with Crippen LogP contribution in [0.1, 0.15) is 17.4 Å². The molecule has 3 rings (SSSR count). The average molecular weight is 231 g/mol. The van der Waals surface area contributed by atoms with E-state index in [9.17, 15) is 0 Å². The molecule has 82 valence electrons. The van der Waals surface area contributed by atoms with Crippen LogP contribution in [-0.2, 0) is 0 Å². The van der Waals surface area contributed by atoms with Crippen LogP contribution in [0, 0.1) is 6.92 Å².